The molecule has 0 bridgehead atoms. The summed E-state index contributed by atoms with van der Waals surface area (Å²) >= 11 is 1.42. The normalized spacial score (nSPS) is 12.5. The van der Waals surface area contributed by atoms with E-state index in [0.29, 0.717) is 51.0 Å². The number of Topliss-reactive ketones (excluding diaryl/α,β-unsaturated/α-hetero) is 1. The monoisotopic (exact) mass is 506 g/mol. The summed E-state index contributed by atoms with van der Waals surface area (Å²) in [6.45, 7) is 2.44. The van der Waals surface area contributed by atoms with Crippen LogP contribution < -0.4 is 10.6 Å². The van der Waals surface area contributed by atoms with Crippen LogP contribution in [0.4, 0.5) is 0 Å². The van der Waals surface area contributed by atoms with E-state index >= 15 is 0 Å². The van der Waals surface area contributed by atoms with Gasteiger partial charge in [-0.05, 0) is 38.4 Å². The Morgan fingerprint density at radius 1 is 0.853 bits per heavy atom. The molecule has 0 spiro atoms. The number of thioether (sulfide) groups is 1. The van der Waals surface area contributed by atoms with Gasteiger partial charge in [-0.15, -0.1) is 0 Å². The maximum Gasteiger partial charge on any atom is 0.326 e. The molecule has 0 aliphatic heterocycles. The number of carbonyl (C=O) groups excluding carboxylic acids is 3. The highest BCUT2D eigenvalue weighted by atomic mass is 32.2. The molecule has 12 heteroatoms. The van der Waals surface area contributed by atoms with E-state index in [-0.39, 0.29) is 44.4 Å². The van der Waals surface area contributed by atoms with Crippen LogP contribution in [-0.2, 0) is 33.4 Å². The van der Waals surface area contributed by atoms with Gasteiger partial charge in [-0.2, -0.15) is 11.8 Å². The van der Waals surface area contributed by atoms with Crippen LogP contribution in [0.1, 0.15) is 51.9 Å². The molecule has 0 heterocycles. The first-order valence-corrected chi connectivity index (χ1v) is 12.7. The van der Waals surface area contributed by atoms with Gasteiger partial charge in [0, 0.05) is 26.0 Å². The van der Waals surface area contributed by atoms with E-state index in [1.165, 1.54) is 11.8 Å². The lowest BCUT2D eigenvalue weighted by Gasteiger charge is -2.14. The molecule has 0 fully saturated rings. The third kappa shape index (κ3) is 18.3. The van der Waals surface area contributed by atoms with Crippen LogP contribution in [0.5, 0.6) is 0 Å². The lowest BCUT2D eigenvalue weighted by atomic mass is 10.0. The van der Waals surface area contributed by atoms with E-state index in [2.05, 4.69) is 10.6 Å². The summed E-state index contributed by atoms with van der Waals surface area (Å²) in [5.74, 6) is -2.80. The third-order valence-electron chi connectivity index (χ3n) is 4.78. The van der Waals surface area contributed by atoms with E-state index in [0.717, 1.165) is 0 Å². The number of hydrogen-bond acceptors (Lipinski definition) is 8. The largest absolute Gasteiger partial charge is 0.481 e. The molecule has 0 aliphatic carbocycles. The number of carboxylic acid groups (broad SMARTS) is 2. The number of rotatable bonds is 22. The Morgan fingerprint density at radius 3 is 2.21 bits per heavy atom. The van der Waals surface area contributed by atoms with Crippen molar-refractivity contribution in [3.05, 3.63) is 0 Å². The smallest absolute Gasteiger partial charge is 0.326 e. The Morgan fingerprint density at radius 2 is 1.56 bits per heavy atom. The van der Waals surface area contributed by atoms with Crippen LogP contribution in [0, 0.1) is 5.92 Å². The summed E-state index contributed by atoms with van der Waals surface area (Å²) in [5.41, 5.74) is 0. The predicted molar refractivity (Wildman–Crippen MR) is 127 cm³/mol. The molecule has 4 N–H and O–H groups in total. The number of ketones is 1. The van der Waals surface area contributed by atoms with Crippen molar-refractivity contribution in [2.75, 3.05) is 45.0 Å². The number of hydrogen-bond donors (Lipinski definition) is 4. The van der Waals surface area contributed by atoms with Crippen molar-refractivity contribution in [3.63, 3.8) is 0 Å². The van der Waals surface area contributed by atoms with Crippen molar-refractivity contribution in [2.45, 2.75) is 57.9 Å². The standard InChI is InChI=1S/C22H38N2O9S/c1-16(21(28)29)8-9-17(25)6-5-11-32-12-13-33-14-19(26)24-18(22(30)31)7-3-4-10-23-20(27)15-34-2/h16,18H,3-15H2,1-2H3,(H,23,27)(H,24,26)(H,28,29)(H,30,31). The van der Waals surface area contributed by atoms with E-state index in [1.54, 1.807) is 6.92 Å². The average molecular weight is 507 g/mol. The maximum atomic E-state index is 11.9. The van der Waals surface area contributed by atoms with Gasteiger partial charge in [0.2, 0.25) is 11.8 Å². The van der Waals surface area contributed by atoms with Gasteiger partial charge < -0.3 is 30.3 Å². The highest BCUT2D eigenvalue weighted by molar-refractivity contribution is 7.99. The molecular weight excluding hydrogens is 468 g/mol. The van der Waals surface area contributed by atoms with Crippen LogP contribution >= 0.6 is 11.8 Å². The third-order valence-corrected chi connectivity index (χ3v) is 5.33. The summed E-state index contributed by atoms with van der Waals surface area (Å²) in [6, 6.07) is -1.02. The summed E-state index contributed by atoms with van der Waals surface area (Å²) < 4.78 is 10.5. The van der Waals surface area contributed by atoms with Gasteiger partial charge >= 0.3 is 11.9 Å². The first-order chi connectivity index (χ1) is 16.2. The Kier molecular flexibility index (Phi) is 18.9. The number of unbranched alkanes of at least 4 members (excludes halogenated alkanes) is 1. The molecule has 0 saturated carbocycles. The SMILES string of the molecule is CSCC(=O)NCCCCC(NC(=O)COCCOCCCC(=O)CCC(C)C(=O)O)C(=O)O. The number of amides is 2. The quantitative estimate of drug-likeness (QED) is 0.156. The van der Waals surface area contributed by atoms with Gasteiger partial charge in [0.05, 0.1) is 24.9 Å². The second-order valence-corrected chi connectivity index (χ2v) is 8.69. The van der Waals surface area contributed by atoms with Crippen LogP contribution in [0.25, 0.3) is 0 Å². The minimum absolute atomic E-state index is 0.00190. The number of carbonyl (C=O) groups is 5. The Hall–Kier alpha value is -2.18. The zero-order valence-electron chi connectivity index (χ0n) is 20.0. The van der Waals surface area contributed by atoms with Gasteiger partial charge in [-0.25, -0.2) is 4.79 Å². The molecule has 0 aromatic rings. The topological polar surface area (TPSA) is 168 Å². The molecule has 0 rings (SSSR count). The maximum absolute atomic E-state index is 11.9. The van der Waals surface area contributed by atoms with Gasteiger partial charge in [-0.1, -0.05) is 6.92 Å². The molecule has 196 valence electrons. The van der Waals surface area contributed by atoms with E-state index in [1.807, 2.05) is 6.26 Å². The fraction of sp³-hybridized carbons (Fsp3) is 0.773. The van der Waals surface area contributed by atoms with Crippen molar-refractivity contribution in [1.82, 2.24) is 10.6 Å². The summed E-state index contributed by atoms with van der Waals surface area (Å²) in [7, 11) is 0. The van der Waals surface area contributed by atoms with Gasteiger partial charge in [-0.3, -0.25) is 19.2 Å². The van der Waals surface area contributed by atoms with Gasteiger partial charge in [0.15, 0.2) is 0 Å². The van der Waals surface area contributed by atoms with Crippen molar-refractivity contribution >= 4 is 41.3 Å². The van der Waals surface area contributed by atoms with E-state index < -0.39 is 29.8 Å². The summed E-state index contributed by atoms with van der Waals surface area (Å²) in [6.07, 6.45) is 4.61. The minimum atomic E-state index is -1.13. The number of nitrogens with one attached hydrogen (secondary N) is 2. The number of carboxylic acids is 2. The molecule has 34 heavy (non-hydrogen) atoms. The molecule has 2 atom stereocenters. The molecule has 0 aromatic heterocycles. The second kappa shape index (κ2) is 20.2. The molecule has 0 aromatic carbocycles. The van der Waals surface area contributed by atoms with Crippen molar-refractivity contribution in [3.8, 4) is 0 Å². The molecular formula is C22H38N2O9S. The highest BCUT2D eigenvalue weighted by Gasteiger charge is 2.19. The zero-order chi connectivity index (χ0) is 25.8. The lowest BCUT2D eigenvalue weighted by Crippen LogP contribution is -2.42. The summed E-state index contributed by atoms with van der Waals surface area (Å²) in [5, 5.41) is 23.2. The van der Waals surface area contributed by atoms with Crippen molar-refractivity contribution in [2.24, 2.45) is 5.92 Å². The molecule has 2 unspecified atom stereocenters. The second-order valence-electron chi connectivity index (χ2n) is 7.82. The summed E-state index contributed by atoms with van der Waals surface area (Å²) in [4.78, 5) is 57.0. The van der Waals surface area contributed by atoms with Crippen LogP contribution in [0.3, 0.4) is 0 Å². The van der Waals surface area contributed by atoms with Gasteiger partial charge in [0.1, 0.15) is 18.4 Å². The lowest BCUT2D eigenvalue weighted by molar-refractivity contribution is -0.143. The molecule has 11 nitrogen and oxygen atoms in total. The first kappa shape index (κ1) is 31.8. The Balaban J connectivity index is 3.79. The van der Waals surface area contributed by atoms with Crippen LogP contribution in [0.2, 0.25) is 0 Å². The van der Waals surface area contributed by atoms with E-state index in [9.17, 15) is 29.1 Å². The fourth-order valence-corrected chi connectivity index (χ4v) is 3.12. The average Bonchev–Trinajstić information content (AvgIpc) is 2.78. The Labute approximate surface area is 204 Å². The zero-order valence-corrected chi connectivity index (χ0v) is 20.8. The molecule has 2 amide bonds. The highest BCUT2D eigenvalue weighted by Crippen LogP contribution is 2.08. The van der Waals surface area contributed by atoms with Gasteiger partial charge in [0.25, 0.3) is 0 Å². The Bertz CT molecular complexity index is 646. The molecule has 0 aliphatic rings. The van der Waals surface area contributed by atoms with E-state index in [4.69, 9.17) is 14.6 Å². The molecule has 0 radical (unpaired) electrons. The number of aliphatic carboxylic acids is 2. The number of ether oxygens (including phenoxy) is 2. The predicted octanol–water partition coefficient (Wildman–Crippen LogP) is 1.09. The van der Waals surface area contributed by atoms with Crippen LogP contribution in [-0.4, -0.2) is 90.8 Å². The first-order valence-electron chi connectivity index (χ1n) is 11.3. The van der Waals surface area contributed by atoms with Crippen LogP contribution in [0.15, 0.2) is 0 Å². The molecule has 0 saturated heterocycles. The fourth-order valence-electron chi connectivity index (χ4n) is 2.76. The minimum Gasteiger partial charge on any atom is -0.481 e. The van der Waals surface area contributed by atoms with Crippen molar-refractivity contribution in [1.29, 1.82) is 0 Å². The van der Waals surface area contributed by atoms with Crippen molar-refractivity contribution < 1.29 is 43.7 Å².